The molecule has 0 fully saturated rings. The highest BCUT2D eigenvalue weighted by atomic mass is 16.5. The van der Waals surface area contributed by atoms with E-state index >= 15 is 0 Å². The van der Waals surface area contributed by atoms with Crippen molar-refractivity contribution in [1.82, 2.24) is 0 Å². The first kappa shape index (κ1) is 17.3. The van der Waals surface area contributed by atoms with Crippen molar-refractivity contribution >= 4 is 5.78 Å². The number of ketones is 1. The summed E-state index contributed by atoms with van der Waals surface area (Å²) < 4.78 is 6.54. The predicted molar refractivity (Wildman–Crippen MR) is 107 cm³/mol. The van der Waals surface area contributed by atoms with E-state index in [4.69, 9.17) is 4.74 Å². The van der Waals surface area contributed by atoms with Gasteiger partial charge in [0.15, 0.2) is 11.4 Å². The van der Waals surface area contributed by atoms with Gasteiger partial charge in [-0.2, -0.15) is 0 Å². The van der Waals surface area contributed by atoms with Crippen molar-refractivity contribution in [2.24, 2.45) is 5.92 Å². The Hall–Kier alpha value is -3.13. The molecule has 1 unspecified atom stereocenters. The zero-order valence-corrected chi connectivity index (χ0v) is 15.3. The Morgan fingerprint density at radius 2 is 1.26 bits per heavy atom. The van der Waals surface area contributed by atoms with Gasteiger partial charge in [0, 0.05) is 17.2 Å². The van der Waals surface area contributed by atoms with E-state index in [0.717, 1.165) is 16.7 Å². The Labute approximate surface area is 160 Å². The molecule has 1 atom stereocenters. The van der Waals surface area contributed by atoms with E-state index in [2.05, 4.69) is 36.4 Å². The summed E-state index contributed by atoms with van der Waals surface area (Å²) in [7, 11) is 0. The van der Waals surface area contributed by atoms with Crippen LogP contribution in [0.2, 0.25) is 0 Å². The number of rotatable bonds is 4. The summed E-state index contributed by atoms with van der Waals surface area (Å²) in [5, 5.41) is 0. The van der Waals surface area contributed by atoms with Crippen molar-refractivity contribution in [3.63, 3.8) is 0 Å². The maximum absolute atomic E-state index is 13.2. The van der Waals surface area contributed by atoms with Crippen LogP contribution in [0.15, 0.2) is 103 Å². The van der Waals surface area contributed by atoms with Gasteiger partial charge in [-0.3, -0.25) is 4.79 Å². The molecule has 2 nitrogen and oxygen atoms in total. The van der Waals surface area contributed by atoms with E-state index in [0.29, 0.717) is 12.2 Å². The summed E-state index contributed by atoms with van der Waals surface area (Å²) in [6.45, 7) is 1.86. The quantitative estimate of drug-likeness (QED) is 0.636. The van der Waals surface area contributed by atoms with E-state index < -0.39 is 5.60 Å². The summed E-state index contributed by atoms with van der Waals surface area (Å²) >= 11 is 0. The van der Waals surface area contributed by atoms with Gasteiger partial charge >= 0.3 is 0 Å². The van der Waals surface area contributed by atoms with Crippen LogP contribution < -0.4 is 0 Å². The second-order valence-electron chi connectivity index (χ2n) is 6.97. The highest BCUT2D eigenvalue weighted by Crippen LogP contribution is 2.46. The second-order valence-corrected chi connectivity index (χ2v) is 6.97. The topological polar surface area (TPSA) is 26.3 Å². The van der Waals surface area contributed by atoms with Crippen molar-refractivity contribution in [3.05, 3.63) is 120 Å². The Kier molecular flexibility index (Phi) is 4.64. The molecule has 27 heavy (non-hydrogen) atoms. The van der Waals surface area contributed by atoms with Crippen LogP contribution in [0.5, 0.6) is 0 Å². The molecule has 0 radical (unpaired) electrons. The number of allylic oxidation sites excluding steroid dienone is 2. The van der Waals surface area contributed by atoms with E-state index in [1.165, 1.54) is 0 Å². The molecule has 1 heterocycles. The van der Waals surface area contributed by atoms with Crippen LogP contribution in [0.1, 0.15) is 23.6 Å². The fourth-order valence-corrected chi connectivity index (χ4v) is 4.01. The van der Waals surface area contributed by atoms with E-state index in [9.17, 15) is 4.79 Å². The van der Waals surface area contributed by atoms with Crippen molar-refractivity contribution in [2.45, 2.75) is 18.9 Å². The number of carbonyl (C=O) groups excluding carboxylic acids is 1. The van der Waals surface area contributed by atoms with Gasteiger partial charge in [-0.1, -0.05) is 91.0 Å². The molecular formula is C25H22O2. The molecular weight excluding hydrogens is 332 g/mol. The largest absolute Gasteiger partial charge is 0.482 e. The third kappa shape index (κ3) is 3.19. The van der Waals surface area contributed by atoms with Gasteiger partial charge in [0.25, 0.3) is 0 Å². The standard InChI is InChI=1S/C25H22O2/c1-19-17-24(26)23(18-20-11-5-2-6-12-20)25(27-19,21-13-7-3-8-14-21)22-15-9-4-10-16-22/h2-17,23H,18H2,1H3. The van der Waals surface area contributed by atoms with Crippen LogP contribution in [-0.2, 0) is 21.6 Å². The average molecular weight is 354 g/mol. The highest BCUT2D eigenvalue weighted by Gasteiger charge is 2.49. The SMILES string of the molecule is CC1=CC(=O)C(Cc2ccccc2)C(c2ccccc2)(c2ccccc2)O1. The summed E-state index contributed by atoms with van der Waals surface area (Å²) in [6, 6.07) is 30.3. The van der Waals surface area contributed by atoms with Crippen LogP contribution in [0, 0.1) is 5.92 Å². The van der Waals surface area contributed by atoms with Crippen LogP contribution in [-0.4, -0.2) is 5.78 Å². The molecule has 0 bridgehead atoms. The normalized spacial score (nSPS) is 18.5. The minimum atomic E-state index is -0.839. The molecule has 0 saturated heterocycles. The van der Waals surface area contributed by atoms with Gasteiger partial charge in [0.05, 0.1) is 11.7 Å². The predicted octanol–water partition coefficient (Wildman–Crippen LogP) is 5.29. The second kappa shape index (κ2) is 7.24. The first-order valence-electron chi connectivity index (χ1n) is 9.26. The maximum atomic E-state index is 13.2. The van der Waals surface area contributed by atoms with Gasteiger partial charge in [0.1, 0.15) is 0 Å². The van der Waals surface area contributed by atoms with Crippen molar-refractivity contribution in [3.8, 4) is 0 Å². The Bertz CT molecular complexity index is 904. The van der Waals surface area contributed by atoms with E-state index in [-0.39, 0.29) is 11.7 Å². The molecule has 4 rings (SSSR count). The molecule has 1 aliphatic heterocycles. The van der Waals surface area contributed by atoms with Gasteiger partial charge < -0.3 is 4.74 Å². The fraction of sp³-hybridized carbons (Fsp3) is 0.160. The number of ether oxygens (including phenoxy) is 1. The van der Waals surface area contributed by atoms with Crippen LogP contribution in [0.3, 0.4) is 0 Å². The fourth-order valence-electron chi connectivity index (χ4n) is 4.01. The van der Waals surface area contributed by atoms with Crippen LogP contribution in [0.25, 0.3) is 0 Å². The third-order valence-corrected chi connectivity index (χ3v) is 5.19. The lowest BCUT2D eigenvalue weighted by atomic mass is 9.70. The first-order chi connectivity index (χ1) is 13.2. The highest BCUT2D eigenvalue weighted by molar-refractivity contribution is 5.94. The zero-order valence-electron chi connectivity index (χ0n) is 15.3. The Morgan fingerprint density at radius 3 is 1.78 bits per heavy atom. The smallest absolute Gasteiger partial charge is 0.169 e. The van der Waals surface area contributed by atoms with Gasteiger partial charge in [-0.15, -0.1) is 0 Å². The summed E-state index contributed by atoms with van der Waals surface area (Å²) in [5.74, 6) is 0.417. The molecule has 0 aliphatic carbocycles. The van der Waals surface area contributed by atoms with E-state index in [1.807, 2.05) is 61.5 Å². The number of hydrogen-bond acceptors (Lipinski definition) is 2. The average Bonchev–Trinajstić information content (AvgIpc) is 2.72. The Morgan fingerprint density at radius 1 is 0.778 bits per heavy atom. The van der Waals surface area contributed by atoms with Gasteiger partial charge in [0.2, 0.25) is 0 Å². The zero-order chi connectivity index (χ0) is 18.7. The van der Waals surface area contributed by atoms with Gasteiger partial charge in [-0.25, -0.2) is 0 Å². The number of benzene rings is 3. The molecule has 0 aromatic heterocycles. The molecule has 134 valence electrons. The van der Waals surface area contributed by atoms with Gasteiger partial charge in [-0.05, 0) is 18.9 Å². The molecule has 0 spiro atoms. The van der Waals surface area contributed by atoms with Crippen LogP contribution in [0.4, 0.5) is 0 Å². The summed E-state index contributed by atoms with van der Waals surface area (Å²) in [5.41, 5.74) is 2.29. The first-order valence-corrected chi connectivity index (χ1v) is 9.26. The van der Waals surface area contributed by atoms with Crippen molar-refractivity contribution < 1.29 is 9.53 Å². The minimum absolute atomic E-state index is 0.107. The van der Waals surface area contributed by atoms with E-state index in [1.54, 1.807) is 6.08 Å². The van der Waals surface area contributed by atoms with Crippen LogP contribution >= 0.6 is 0 Å². The van der Waals surface area contributed by atoms with Crippen molar-refractivity contribution in [1.29, 1.82) is 0 Å². The molecule has 3 aromatic rings. The molecule has 0 amide bonds. The monoisotopic (exact) mass is 354 g/mol. The maximum Gasteiger partial charge on any atom is 0.169 e. The summed E-state index contributed by atoms with van der Waals surface area (Å²) in [6.07, 6.45) is 2.25. The molecule has 1 aliphatic rings. The Balaban J connectivity index is 1.93. The van der Waals surface area contributed by atoms with Crippen molar-refractivity contribution in [2.75, 3.05) is 0 Å². The molecule has 3 aromatic carbocycles. The lowest BCUT2D eigenvalue weighted by molar-refractivity contribution is -0.131. The number of hydrogen-bond donors (Lipinski definition) is 0. The molecule has 0 N–H and O–H groups in total. The minimum Gasteiger partial charge on any atom is -0.482 e. The number of carbonyl (C=O) groups is 1. The molecule has 0 saturated carbocycles. The lowest BCUT2D eigenvalue weighted by Crippen LogP contribution is -2.46. The lowest BCUT2D eigenvalue weighted by Gasteiger charge is -2.43. The summed E-state index contributed by atoms with van der Waals surface area (Å²) in [4.78, 5) is 13.2. The third-order valence-electron chi connectivity index (χ3n) is 5.19. The molecule has 2 heteroatoms.